The van der Waals surface area contributed by atoms with Crippen LogP contribution in [0.3, 0.4) is 0 Å². The van der Waals surface area contributed by atoms with E-state index < -0.39 is 102 Å². The number of halogens is 2. The Morgan fingerprint density at radius 3 is 1.66 bits per heavy atom. The molecule has 414 valence electrons. The Morgan fingerprint density at radius 2 is 1.12 bits per heavy atom. The van der Waals surface area contributed by atoms with Crippen LogP contribution >= 0.6 is 23.2 Å². The van der Waals surface area contributed by atoms with Gasteiger partial charge in [-0.2, -0.15) is 0 Å². The zero-order chi connectivity index (χ0) is 55.5. The molecule has 0 bridgehead atoms. The number of ether oxygens (including phenoxy) is 9. The quantitative estimate of drug-likeness (QED) is 0.0470. The number of methoxy groups -OCH3 is 2. The highest BCUT2D eigenvalue weighted by Gasteiger charge is 2.54. The summed E-state index contributed by atoms with van der Waals surface area (Å²) >= 11 is 13.0. The van der Waals surface area contributed by atoms with Gasteiger partial charge in [-0.05, 0) is 57.0 Å². The second kappa shape index (κ2) is 26.7. The summed E-state index contributed by atoms with van der Waals surface area (Å²) < 4.78 is 55.6. The molecule has 0 amide bonds. The molecule has 0 N–H and O–H groups in total. The molecule has 20 nitrogen and oxygen atoms in total. The fraction of sp³-hybridized carbons (Fsp3) is 0.556. The molecule has 3 aliphatic rings. The van der Waals surface area contributed by atoms with E-state index in [1.165, 1.54) is 35.0 Å². The second-order valence-electron chi connectivity index (χ2n) is 18.8. The van der Waals surface area contributed by atoms with Gasteiger partial charge in [0.25, 0.3) is 5.82 Å². The zero-order valence-electron chi connectivity index (χ0n) is 44.6. The number of aryl methyl sites for hydroxylation is 2. The third-order valence-corrected chi connectivity index (χ3v) is 14.4. The van der Waals surface area contributed by atoms with Crippen molar-refractivity contribution in [3.05, 3.63) is 70.2 Å². The van der Waals surface area contributed by atoms with Crippen molar-refractivity contribution in [1.82, 2.24) is 4.57 Å². The highest BCUT2D eigenvalue weighted by atomic mass is 35.5. The normalized spacial score (nSPS) is 24.2. The summed E-state index contributed by atoms with van der Waals surface area (Å²) in [5.74, 6) is -5.48. The van der Waals surface area contributed by atoms with Crippen molar-refractivity contribution in [3.8, 4) is 0 Å². The van der Waals surface area contributed by atoms with Crippen molar-refractivity contribution in [1.29, 1.82) is 0 Å². The number of aromatic nitrogens is 2. The molecule has 2 aliphatic carbocycles. The van der Waals surface area contributed by atoms with Gasteiger partial charge in [0.2, 0.25) is 0 Å². The number of benzene rings is 2. The molecule has 10 atom stereocenters. The minimum atomic E-state index is -1.38. The van der Waals surface area contributed by atoms with Crippen LogP contribution in [0.1, 0.15) is 86.9 Å². The van der Waals surface area contributed by atoms with Crippen molar-refractivity contribution in [2.45, 2.75) is 137 Å². The maximum atomic E-state index is 13.2. The monoisotopic (exact) mass is 1100 g/mol. The summed E-state index contributed by atoms with van der Waals surface area (Å²) in [6, 6.07) is 11.6. The first-order valence-electron chi connectivity index (χ1n) is 25.4. The fourth-order valence-corrected chi connectivity index (χ4v) is 11.0. The molecule has 3 aromatic rings. The fourth-order valence-electron chi connectivity index (χ4n) is 10.7. The first-order chi connectivity index (χ1) is 36.2. The standard InChI is InChI=1S/C54H69Cl2N4O16/c1-11-57-42-28-38(55)39(56)29-43(42)58(12-2)46(57)20-15-21-47-59(22-16-24-70-44-26-36(53(66)68-9)48(72-31(4)61)30(3)49(44)73-32(5)62)40-18-13-14-19-41(40)60(47)23-17-25-71-45-27-37(54(67)69-10)50(74-33(6)63)52(76-35(8)65)51(45)75-34(7)64/h13-15,18-21,28-30,36-37,44-45,48-52H,11-12,16-17,22-27H2,1-10H3/q+1/t30?,36?,37?,44-,45+,48+,49+,50+,51?,52+/m0/s1. The van der Waals surface area contributed by atoms with Gasteiger partial charge in [-0.1, -0.05) is 48.3 Å². The zero-order valence-corrected chi connectivity index (χ0v) is 46.1. The van der Waals surface area contributed by atoms with Crippen LogP contribution in [0.2, 0.25) is 10.0 Å². The number of esters is 7. The van der Waals surface area contributed by atoms with Crippen LogP contribution in [0.15, 0.2) is 54.4 Å². The molecule has 6 rings (SSSR count). The van der Waals surface area contributed by atoms with Crippen LogP contribution in [-0.4, -0.2) is 130 Å². The van der Waals surface area contributed by atoms with E-state index >= 15 is 0 Å². The van der Waals surface area contributed by atoms with Gasteiger partial charge in [-0.3, -0.25) is 33.6 Å². The van der Waals surface area contributed by atoms with E-state index in [1.807, 2.05) is 54.6 Å². The van der Waals surface area contributed by atoms with Gasteiger partial charge >= 0.3 is 41.8 Å². The number of hydrogen-bond acceptors (Lipinski definition) is 18. The molecule has 2 aromatic carbocycles. The number of allylic oxidation sites excluding steroid dienone is 2. The van der Waals surface area contributed by atoms with Crippen LogP contribution < -0.4 is 14.4 Å². The van der Waals surface area contributed by atoms with E-state index in [1.54, 1.807) is 6.92 Å². The molecule has 0 radical (unpaired) electrons. The average molecular weight is 1100 g/mol. The minimum Gasteiger partial charge on any atom is -0.469 e. The van der Waals surface area contributed by atoms with Crippen LogP contribution in [0.4, 0.5) is 11.4 Å². The predicted octanol–water partition coefficient (Wildman–Crippen LogP) is 6.69. The molecule has 1 aromatic heterocycles. The minimum absolute atomic E-state index is 0.0823. The number of nitrogens with zero attached hydrogens (tertiary/aromatic N) is 4. The number of para-hydroxylation sites is 2. The molecule has 76 heavy (non-hydrogen) atoms. The lowest BCUT2D eigenvalue weighted by molar-refractivity contribution is -0.674. The van der Waals surface area contributed by atoms with Gasteiger partial charge in [-0.15, -0.1) is 0 Å². The summed E-state index contributed by atoms with van der Waals surface area (Å²) in [4.78, 5) is 92.4. The molecule has 1 aliphatic heterocycles. The molecule has 2 saturated carbocycles. The molecule has 4 unspecified atom stereocenters. The van der Waals surface area contributed by atoms with Gasteiger partial charge in [-0.25, -0.2) is 9.13 Å². The van der Waals surface area contributed by atoms with E-state index in [9.17, 15) is 33.6 Å². The summed E-state index contributed by atoms with van der Waals surface area (Å²) in [6.45, 7) is 14.3. The van der Waals surface area contributed by atoms with Crippen molar-refractivity contribution >= 4 is 93.5 Å². The molecular formula is C54H69Cl2N4O16+. The lowest BCUT2D eigenvalue weighted by Crippen LogP contribution is -2.60. The van der Waals surface area contributed by atoms with Crippen LogP contribution in [0.5, 0.6) is 0 Å². The van der Waals surface area contributed by atoms with E-state index in [0.717, 1.165) is 47.9 Å². The Bertz CT molecular complexity index is 2650. The largest absolute Gasteiger partial charge is 0.469 e. The van der Waals surface area contributed by atoms with Gasteiger partial charge < -0.3 is 52.4 Å². The third kappa shape index (κ3) is 13.7. The van der Waals surface area contributed by atoms with Crippen molar-refractivity contribution in [2.24, 2.45) is 17.8 Å². The number of rotatable bonds is 21. The van der Waals surface area contributed by atoms with E-state index in [4.69, 9.17) is 65.8 Å². The predicted molar refractivity (Wildman–Crippen MR) is 278 cm³/mol. The molecular weight excluding hydrogens is 1030 g/mol. The highest BCUT2D eigenvalue weighted by Crippen LogP contribution is 2.45. The smallest absolute Gasteiger partial charge is 0.312 e. The first-order valence-corrected chi connectivity index (χ1v) is 26.2. The number of carbonyl (C=O) groups is 7. The highest BCUT2D eigenvalue weighted by molar-refractivity contribution is 6.42. The van der Waals surface area contributed by atoms with Crippen LogP contribution in [-0.2, 0) is 89.3 Å². The molecule has 0 saturated heterocycles. The molecule has 0 spiro atoms. The SMILES string of the molecule is CCN1C(=CC=Cc2n(CCCO[C@H]3CC(C(=O)OC)[C@H](OC(C)=O)C(C)[C@H]3OC(C)=O)c3ccccc3[n+]2CCCO[C@@H]2CC(C(=O)OC)[C@@H](OC(C)=O)[C@@H](OC(C)=O)C2OC(C)=O)N(CC)c2cc(Cl)c(Cl)cc21. The van der Waals surface area contributed by atoms with E-state index in [2.05, 4.69) is 32.8 Å². The lowest BCUT2D eigenvalue weighted by Gasteiger charge is -2.43. The van der Waals surface area contributed by atoms with E-state index in [0.29, 0.717) is 49.1 Å². The maximum Gasteiger partial charge on any atom is 0.312 e. The van der Waals surface area contributed by atoms with Crippen molar-refractivity contribution in [2.75, 3.05) is 50.3 Å². The molecule has 2 heterocycles. The molecule has 2 fully saturated rings. The van der Waals surface area contributed by atoms with Crippen molar-refractivity contribution < 1.29 is 80.8 Å². The number of carbonyl (C=O) groups excluding carboxylic acids is 7. The number of imidazole rings is 1. The summed E-state index contributed by atoms with van der Waals surface area (Å²) in [5.41, 5.74) is 3.66. The Morgan fingerprint density at radius 1 is 0.645 bits per heavy atom. The lowest BCUT2D eigenvalue weighted by atomic mass is 9.75. The Hall–Kier alpha value is -6.22. The van der Waals surface area contributed by atoms with Crippen LogP contribution in [0, 0.1) is 17.8 Å². The van der Waals surface area contributed by atoms with E-state index in [-0.39, 0.29) is 26.1 Å². The first kappa shape index (κ1) is 59.0. The van der Waals surface area contributed by atoms with Crippen molar-refractivity contribution in [3.63, 3.8) is 0 Å². The Balaban J connectivity index is 1.33. The number of anilines is 2. The number of hydrogen-bond donors (Lipinski definition) is 0. The Kier molecular flexibility index (Phi) is 20.7. The average Bonchev–Trinajstić information content (AvgIpc) is 3.87. The van der Waals surface area contributed by atoms with Gasteiger partial charge in [0, 0.05) is 72.5 Å². The Labute approximate surface area is 452 Å². The van der Waals surface area contributed by atoms with Gasteiger partial charge in [0.1, 0.15) is 23.9 Å². The summed E-state index contributed by atoms with van der Waals surface area (Å²) in [6.07, 6.45) is -0.461. The third-order valence-electron chi connectivity index (χ3n) is 13.7. The van der Waals surface area contributed by atoms with Gasteiger partial charge in [0.05, 0.1) is 80.1 Å². The summed E-state index contributed by atoms with van der Waals surface area (Å²) in [5, 5.41) is 0.896. The molecule has 22 heteroatoms. The second-order valence-corrected chi connectivity index (χ2v) is 19.6. The van der Waals surface area contributed by atoms with Gasteiger partial charge in [0.15, 0.2) is 29.3 Å². The van der Waals surface area contributed by atoms with Crippen LogP contribution in [0.25, 0.3) is 17.1 Å². The maximum absolute atomic E-state index is 13.2. The summed E-state index contributed by atoms with van der Waals surface area (Å²) in [7, 11) is 2.45. The topological polar surface area (TPSA) is 218 Å². The number of fused-ring (bicyclic) bond motifs is 2.